The number of ether oxygens (including phenoxy) is 3. The molecule has 3 aromatic rings. The van der Waals surface area contributed by atoms with Gasteiger partial charge in [-0.05, 0) is 49.7 Å². The predicted molar refractivity (Wildman–Crippen MR) is 109 cm³/mol. The van der Waals surface area contributed by atoms with E-state index in [9.17, 15) is 4.79 Å². The Morgan fingerprint density at radius 3 is 2.48 bits per heavy atom. The van der Waals surface area contributed by atoms with Gasteiger partial charge in [-0.1, -0.05) is 24.3 Å². The zero-order valence-corrected chi connectivity index (χ0v) is 16.6. The highest BCUT2D eigenvalue weighted by Crippen LogP contribution is 2.28. The van der Waals surface area contributed by atoms with Crippen LogP contribution in [0.15, 0.2) is 60.8 Å². The van der Waals surface area contributed by atoms with Crippen molar-refractivity contribution in [3.63, 3.8) is 0 Å². The molecule has 0 atom stereocenters. The molecule has 0 spiro atoms. The largest absolute Gasteiger partial charge is 0.490 e. The maximum absolute atomic E-state index is 12.4. The van der Waals surface area contributed by atoms with Crippen molar-refractivity contribution in [1.82, 2.24) is 15.1 Å². The van der Waals surface area contributed by atoms with Crippen molar-refractivity contribution < 1.29 is 19.0 Å². The molecule has 152 valence electrons. The third-order valence-corrected chi connectivity index (χ3v) is 4.04. The number of benzene rings is 2. The van der Waals surface area contributed by atoms with E-state index in [1.165, 1.54) is 0 Å². The molecule has 0 saturated heterocycles. The minimum absolute atomic E-state index is 0.230. The molecule has 0 aliphatic heterocycles. The van der Waals surface area contributed by atoms with Crippen LogP contribution in [-0.2, 0) is 13.3 Å². The third-order valence-electron chi connectivity index (χ3n) is 4.04. The van der Waals surface area contributed by atoms with E-state index in [1.807, 2.05) is 62.4 Å². The highest BCUT2D eigenvalue weighted by Gasteiger charge is 2.11. The number of hydrogen-bond acceptors (Lipinski definition) is 5. The van der Waals surface area contributed by atoms with Crippen LogP contribution in [0.2, 0.25) is 0 Å². The number of para-hydroxylation sites is 1. The number of carbonyl (C=O) groups excluding carboxylic acids is 1. The van der Waals surface area contributed by atoms with Gasteiger partial charge in [-0.25, -0.2) is 4.68 Å². The van der Waals surface area contributed by atoms with Crippen molar-refractivity contribution in [1.29, 1.82) is 0 Å². The molecule has 1 heterocycles. The highest BCUT2D eigenvalue weighted by atomic mass is 16.5. The maximum atomic E-state index is 12.4. The first kappa shape index (κ1) is 20.3. The van der Waals surface area contributed by atoms with Crippen molar-refractivity contribution >= 4 is 5.91 Å². The van der Waals surface area contributed by atoms with Crippen molar-refractivity contribution in [2.24, 2.45) is 0 Å². The predicted octanol–water partition coefficient (Wildman–Crippen LogP) is 3.65. The molecule has 29 heavy (non-hydrogen) atoms. The SMILES string of the molecule is CCOc1ccc(CNC(=O)c2ccn(COc3ccccc3)n2)cc1OCC. The van der Waals surface area contributed by atoms with E-state index >= 15 is 0 Å². The van der Waals surface area contributed by atoms with E-state index in [-0.39, 0.29) is 12.6 Å². The van der Waals surface area contributed by atoms with Crippen LogP contribution in [0.5, 0.6) is 17.2 Å². The average molecular weight is 395 g/mol. The van der Waals surface area contributed by atoms with E-state index < -0.39 is 0 Å². The molecule has 1 aromatic heterocycles. The van der Waals surface area contributed by atoms with E-state index in [0.29, 0.717) is 37.0 Å². The summed E-state index contributed by atoms with van der Waals surface area (Å²) < 4.78 is 18.4. The Hall–Kier alpha value is -3.48. The van der Waals surface area contributed by atoms with E-state index in [1.54, 1.807) is 16.9 Å². The van der Waals surface area contributed by atoms with Gasteiger partial charge in [-0.15, -0.1) is 0 Å². The van der Waals surface area contributed by atoms with Crippen LogP contribution in [0.1, 0.15) is 29.9 Å². The minimum Gasteiger partial charge on any atom is -0.490 e. The Morgan fingerprint density at radius 2 is 1.72 bits per heavy atom. The summed E-state index contributed by atoms with van der Waals surface area (Å²) in [4.78, 5) is 12.4. The topological polar surface area (TPSA) is 74.6 Å². The van der Waals surface area contributed by atoms with Gasteiger partial charge in [0.1, 0.15) is 11.4 Å². The zero-order valence-electron chi connectivity index (χ0n) is 16.6. The number of hydrogen-bond donors (Lipinski definition) is 1. The van der Waals surface area contributed by atoms with Gasteiger partial charge in [0, 0.05) is 12.7 Å². The van der Waals surface area contributed by atoms with Gasteiger partial charge in [-0.3, -0.25) is 4.79 Å². The Balaban J connectivity index is 1.55. The lowest BCUT2D eigenvalue weighted by molar-refractivity contribution is 0.0943. The van der Waals surface area contributed by atoms with Crippen molar-refractivity contribution in [2.75, 3.05) is 13.2 Å². The van der Waals surface area contributed by atoms with Gasteiger partial charge < -0.3 is 19.5 Å². The lowest BCUT2D eigenvalue weighted by Crippen LogP contribution is -2.23. The summed E-state index contributed by atoms with van der Waals surface area (Å²) in [6.45, 7) is 5.54. The Bertz CT molecular complexity index is 925. The summed E-state index contributed by atoms with van der Waals surface area (Å²) in [5.41, 5.74) is 1.25. The fourth-order valence-corrected chi connectivity index (χ4v) is 2.69. The standard InChI is InChI=1S/C22H25N3O4/c1-3-27-20-11-10-17(14-21(20)28-4-2)15-23-22(26)19-12-13-25(24-19)16-29-18-8-6-5-7-9-18/h5-14H,3-4,15-16H2,1-2H3,(H,23,26). The lowest BCUT2D eigenvalue weighted by Gasteiger charge is -2.12. The quantitative estimate of drug-likeness (QED) is 0.567. The van der Waals surface area contributed by atoms with Gasteiger partial charge in [0.2, 0.25) is 0 Å². The van der Waals surface area contributed by atoms with Crippen LogP contribution >= 0.6 is 0 Å². The number of carbonyl (C=O) groups is 1. The zero-order chi connectivity index (χ0) is 20.5. The Morgan fingerprint density at radius 1 is 0.966 bits per heavy atom. The van der Waals surface area contributed by atoms with Crippen LogP contribution in [0.3, 0.4) is 0 Å². The van der Waals surface area contributed by atoms with Crippen LogP contribution in [0.4, 0.5) is 0 Å². The third kappa shape index (κ3) is 5.75. The second-order valence-corrected chi connectivity index (χ2v) is 6.16. The molecule has 7 heteroatoms. The molecule has 0 bridgehead atoms. The van der Waals surface area contributed by atoms with Gasteiger partial charge in [0.15, 0.2) is 18.2 Å². The van der Waals surface area contributed by atoms with Crippen molar-refractivity contribution in [2.45, 2.75) is 27.1 Å². The second kappa shape index (κ2) is 10.2. The second-order valence-electron chi connectivity index (χ2n) is 6.16. The molecular formula is C22H25N3O4. The molecular weight excluding hydrogens is 370 g/mol. The number of rotatable bonds is 10. The fraction of sp³-hybridized carbons (Fsp3) is 0.273. The number of nitrogens with one attached hydrogen (secondary N) is 1. The number of aromatic nitrogens is 2. The van der Waals surface area contributed by atoms with Crippen molar-refractivity contribution in [3.05, 3.63) is 72.1 Å². The van der Waals surface area contributed by atoms with Gasteiger partial charge in [0.05, 0.1) is 13.2 Å². The maximum Gasteiger partial charge on any atom is 0.272 e. The van der Waals surface area contributed by atoms with Crippen LogP contribution < -0.4 is 19.5 Å². The first-order chi connectivity index (χ1) is 14.2. The number of nitrogens with zero attached hydrogens (tertiary/aromatic N) is 2. The van der Waals surface area contributed by atoms with Gasteiger partial charge in [0.25, 0.3) is 5.91 Å². The van der Waals surface area contributed by atoms with Gasteiger partial charge in [-0.2, -0.15) is 5.10 Å². The summed E-state index contributed by atoms with van der Waals surface area (Å²) in [6.07, 6.45) is 1.71. The Kier molecular flexibility index (Phi) is 7.10. The summed E-state index contributed by atoms with van der Waals surface area (Å²) in [5.74, 6) is 1.86. The van der Waals surface area contributed by atoms with Crippen LogP contribution in [0.25, 0.3) is 0 Å². The molecule has 0 radical (unpaired) electrons. The Labute approximate surface area is 170 Å². The normalized spacial score (nSPS) is 10.4. The van der Waals surface area contributed by atoms with Gasteiger partial charge >= 0.3 is 0 Å². The first-order valence-electron chi connectivity index (χ1n) is 9.57. The fourth-order valence-electron chi connectivity index (χ4n) is 2.69. The molecule has 3 rings (SSSR count). The molecule has 1 N–H and O–H groups in total. The molecule has 0 fully saturated rings. The summed E-state index contributed by atoms with van der Waals surface area (Å²) in [6, 6.07) is 16.7. The van der Waals surface area contributed by atoms with Crippen LogP contribution in [-0.4, -0.2) is 28.9 Å². The molecule has 0 unspecified atom stereocenters. The highest BCUT2D eigenvalue weighted by molar-refractivity contribution is 5.92. The molecule has 0 saturated carbocycles. The first-order valence-corrected chi connectivity index (χ1v) is 9.57. The van der Waals surface area contributed by atoms with E-state index in [0.717, 1.165) is 11.3 Å². The molecule has 0 aliphatic carbocycles. The van der Waals surface area contributed by atoms with E-state index in [2.05, 4.69) is 10.4 Å². The monoisotopic (exact) mass is 395 g/mol. The minimum atomic E-state index is -0.254. The molecule has 0 aliphatic rings. The summed E-state index contributed by atoms with van der Waals surface area (Å²) in [5, 5.41) is 7.13. The van der Waals surface area contributed by atoms with Crippen molar-refractivity contribution in [3.8, 4) is 17.2 Å². The summed E-state index contributed by atoms with van der Waals surface area (Å²) in [7, 11) is 0. The molecule has 2 aromatic carbocycles. The number of amides is 1. The molecule has 1 amide bonds. The molecule has 7 nitrogen and oxygen atoms in total. The van der Waals surface area contributed by atoms with E-state index in [4.69, 9.17) is 14.2 Å². The average Bonchev–Trinajstić information content (AvgIpc) is 3.22. The van der Waals surface area contributed by atoms with Crippen LogP contribution in [0, 0.1) is 0 Å². The lowest BCUT2D eigenvalue weighted by atomic mass is 10.2. The summed E-state index contributed by atoms with van der Waals surface area (Å²) >= 11 is 0. The smallest absolute Gasteiger partial charge is 0.272 e.